The number of carboxylic acids is 1. The summed E-state index contributed by atoms with van der Waals surface area (Å²) < 4.78 is 0. The smallest absolute Gasteiger partial charge is 0.320 e. The van der Waals surface area contributed by atoms with Gasteiger partial charge in [0.2, 0.25) is 0 Å². The minimum atomic E-state index is -0.773. The van der Waals surface area contributed by atoms with Crippen molar-refractivity contribution >= 4 is 29.2 Å². The summed E-state index contributed by atoms with van der Waals surface area (Å²) in [5.74, 6) is -0.983. The van der Waals surface area contributed by atoms with Gasteiger partial charge in [0.1, 0.15) is 6.04 Å². The molecule has 3 rings (SSSR count). The molecule has 1 atom stereocenters. The number of carboxylic acid groups (broad SMARTS) is 1. The van der Waals surface area contributed by atoms with Crippen LogP contribution in [0.1, 0.15) is 28.8 Å². The molecule has 6 heteroatoms. The monoisotopic (exact) mass is 358 g/mol. The van der Waals surface area contributed by atoms with E-state index in [2.05, 4.69) is 5.32 Å². The SMILES string of the molecule is O=C(Nc1cccc(CN2CCC[C@@H]2C(=O)O)c1)c1ccc(Cl)cc1. The zero-order valence-electron chi connectivity index (χ0n) is 13.6. The molecule has 1 saturated heterocycles. The van der Waals surface area contributed by atoms with Crippen molar-refractivity contribution in [3.05, 3.63) is 64.7 Å². The maximum Gasteiger partial charge on any atom is 0.320 e. The summed E-state index contributed by atoms with van der Waals surface area (Å²) in [7, 11) is 0. The second kappa shape index (κ2) is 7.68. The fourth-order valence-electron chi connectivity index (χ4n) is 3.08. The van der Waals surface area contributed by atoms with Gasteiger partial charge in [-0.2, -0.15) is 0 Å². The maximum absolute atomic E-state index is 12.3. The van der Waals surface area contributed by atoms with Crippen molar-refractivity contribution in [2.75, 3.05) is 11.9 Å². The van der Waals surface area contributed by atoms with Crippen molar-refractivity contribution in [3.63, 3.8) is 0 Å². The van der Waals surface area contributed by atoms with Crippen molar-refractivity contribution in [2.24, 2.45) is 0 Å². The van der Waals surface area contributed by atoms with Crippen molar-refractivity contribution in [3.8, 4) is 0 Å². The summed E-state index contributed by atoms with van der Waals surface area (Å²) in [6.07, 6.45) is 1.58. The molecule has 1 aliphatic rings. The van der Waals surface area contributed by atoms with Crippen LogP contribution in [0.4, 0.5) is 5.69 Å². The van der Waals surface area contributed by atoms with Crippen LogP contribution in [0, 0.1) is 0 Å². The summed E-state index contributed by atoms with van der Waals surface area (Å²) in [6, 6.07) is 13.8. The van der Waals surface area contributed by atoms with E-state index < -0.39 is 12.0 Å². The molecule has 0 saturated carbocycles. The Hall–Kier alpha value is -2.37. The molecule has 0 unspecified atom stereocenters. The molecule has 1 fully saturated rings. The van der Waals surface area contributed by atoms with E-state index in [1.807, 2.05) is 29.2 Å². The lowest BCUT2D eigenvalue weighted by atomic mass is 10.1. The predicted octanol–water partition coefficient (Wildman–Crippen LogP) is 3.64. The Bertz CT molecular complexity index is 776. The zero-order valence-corrected chi connectivity index (χ0v) is 14.4. The molecule has 2 N–H and O–H groups in total. The number of benzene rings is 2. The van der Waals surface area contributed by atoms with Gasteiger partial charge in [-0.25, -0.2) is 0 Å². The number of aliphatic carboxylic acids is 1. The molecule has 1 amide bonds. The molecule has 1 heterocycles. The highest BCUT2D eigenvalue weighted by atomic mass is 35.5. The molecule has 2 aromatic rings. The van der Waals surface area contributed by atoms with Crippen molar-refractivity contribution < 1.29 is 14.7 Å². The maximum atomic E-state index is 12.3. The van der Waals surface area contributed by atoms with Crippen LogP contribution in [0.25, 0.3) is 0 Å². The summed E-state index contributed by atoms with van der Waals surface area (Å²) >= 11 is 5.83. The first-order valence-corrected chi connectivity index (χ1v) is 8.53. The molecule has 0 bridgehead atoms. The van der Waals surface area contributed by atoms with Crippen LogP contribution in [-0.4, -0.2) is 34.5 Å². The van der Waals surface area contributed by atoms with E-state index in [-0.39, 0.29) is 5.91 Å². The summed E-state index contributed by atoms with van der Waals surface area (Å²) in [4.78, 5) is 25.5. The van der Waals surface area contributed by atoms with Crippen molar-refractivity contribution in [1.29, 1.82) is 0 Å². The third-order valence-corrected chi connectivity index (χ3v) is 4.58. The van der Waals surface area contributed by atoms with Gasteiger partial charge in [-0.15, -0.1) is 0 Å². The van der Waals surface area contributed by atoms with Gasteiger partial charge in [0.05, 0.1) is 0 Å². The predicted molar refractivity (Wildman–Crippen MR) is 96.9 cm³/mol. The fourth-order valence-corrected chi connectivity index (χ4v) is 3.21. The number of carbonyl (C=O) groups is 2. The van der Waals surface area contributed by atoms with Gasteiger partial charge in [-0.1, -0.05) is 23.7 Å². The van der Waals surface area contributed by atoms with Gasteiger partial charge >= 0.3 is 5.97 Å². The minimum absolute atomic E-state index is 0.210. The van der Waals surface area contributed by atoms with E-state index in [9.17, 15) is 14.7 Å². The first-order valence-electron chi connectivity index (χ1n) is 8.15. The van der Waals surface area contributed by atoms with E-state index >= 15 is 0 Å². The van der Waals surface area contributed by atoms with E-state index in [0.29, 0.717) is 29.2 Å². The molecule has 0 aliphatic carbocycles. The van der Waals surface area contributed by atoms with Crippen LogP contribution in [-0.2, 0) is 11.3 Å². The number of nitrogens with zero attached hydrogens (tertiary/aromatic N) is 1. The molecule has 0 radical (unpaired) electrons. The van der Waals surface area contributed by atoms with Gasteiger partial charge < -0.3 is 10.4 Å². The van der Waals surface area contributed by atoms with Gasteiger partial charge in [0.25, 0.3) is 5.91 Å². The Balaban J connectivity index is 1.68. The Morgan fingerprint density at radius 3 is 2.68 bits per heavy atom. The average molecular weight is 359 g/mol. The lowest BCUT2D eigenvalue weighted by Crippen LogP contribution is -2.35. The lowest BCUT2D eigenvalue weighted by Gasteiger charge is -2.21. The largest absolute Gasteiger partial charge is 0.480 e. The number of likely N-dealkylation sites (tertiary alicyclic amines) is 1. The van der Waals surface area contributed by atoms with Crippen LogP contribution in [0.5, 0.6) is 0 Å². The summed E-state index contributed by atoms with van der Waals surface area (Å²) in [6.45, 7) is 1.33. The van der Waals surface area contributed by atoms with E-state index in [1.54, 1.807) is 24.3 Å². The standard InChI is InChI=1S/C19H19ClN2O3/c20-15-8-6-14(7-9-15)18(23)21-16-4-1-3-13(11-16)12-22-10-2-5-17(22)19(24)25/h1,3-4,6-9,11,17H,2,5,10,12H2,(H,21,23)(H,24,25)/t17-/m1/s1. The molecular formula is C19H19ClN2O3. The first kappa shape index (κ1) is 17.5. The Kier molecular flexibility index (Phi) is 5.36. The highest BCUT2D eigenvalue weighted by molar-refractivity contribution is 6.30. The Morgan fingerprint density at radius 1 is 1.20 bits per heavy atom. The number of hydrogen-bond donors (Lipinski definition) is 2. The van der Waals surface area contributed by atoms with E-state index in [1.165, 1.54) is 0 Å². The second-order valence-corrected chi connectivity index (χ2v) is 6.56. The molecule has 5 nitrogen and oxygen atoms in total. The number of rotatable bonds is 5. The molecule has 25 heavy (non-hydrogen) atoms. The zero-order chi connectivity index (χ0) is 17.8. The molecule has 130 valence electrons. The number of halogens is 1. The van der Waals surface area contributed by atoms with Gasteiger partial charge in [0, 0.05) is 22.8 Å². The van der Waals surface area contributed by atoms with Gasteiger partial charge in [0.15, 0.2) is 0 Å². The summed E-state index contributed by atoms with van der Waals surface area (Å²) in [5, 5.41) is 12.7. The summed E-state index contributed by atoms with van der Waals surface area (Å²) in [5.41, 5.74) is 2.19. The lowest BCUT2D eigenvalue weighted by molar-refractivity contribution is -0.142. The van der Waals surface area contributed by atoms with Crippen LogP contribution >= 0.6 is 11.6 Å². The molecule has 0 spiro atoms. The number of carbonyl (C=O) groups excluding carboxylic acids is 1. The number of hydrogen-bond acceptors (Lipinski definition) is 3. The quantitative estimate of drug-likeness (QED) is 0.856. The third kappa shape index (κ3) is 4.38. The van der Waals surface area contributed by atoms with E-state index in [0.717, 1.165) is 18.5 Å². The normalized spacial score (nSPS) is 17.4. The van der Waals surface area contributed by atoms with Crippen LogP contribution in [0.3, 0.4) is 0 Å². The molecule has 1 aliphatic heterocycles. The highest BCUT2D eigenvalue weighted by Gasteiger charge is 2.30. The second-order valence-electron chi connectivity index (χ2n) is 6.13. The third-order valence-electron chi connectivity index (χ3n) is 4.33. The Morgan fingerprint density at radius 2 is 1.96 bits per heavy atom. The molecule has 0 aromatic heterocycles. The minimum Gasteiger partial charge on any atom is -0.480 e. The van der Waals surface area contributed by atoms with E-state index in [4.69, 9.17) is 11.6 Å². The number of amides is 1. The van der Waals surface area contributed by atoms with Gasteiger partial charge in [-0.05, 0) is 61.3 Å². The van der Waals surface area contributed by atoms with Crippen molar-refractivity contribution in [2.45, 2.75) is 25.4 Å². The molecule has 2 aromatic carbocycles. The van der Waals surface area contributed by atoms with Crippen LogP contribution < -0.4 is 5.32 Å². The fraction of sp³-hybridized carbons (Fsp3) is 0.263. The van der Waals surface area contributed by atoms with Gasteiger partial charge in [-0.3, -0.25) is 14.5 Å². The number of anilines is 1. The van der Waals surface area contributed by atoms with Crippen molar-refractivity contribution in [1.82, 2.24) is 4.90 Å². The Labute approximate surface area is 151 Å². The topological polar surface area (TPSA) is 69.6 Å². The van der Waals surface area contributed by atoms with Crippen LogP contribution in [0.15, 0.2) is 48.5 Å². The number of nitrogens with one attached hydrogen (secondary N) is 1. The average Bonchev–Trinajstić information content (AvgIpc) is 3.04. The molecular weight excluding hydrogens is 340 g/mol. The highest BCUT2D eigenvalue weighted by Crippen LogP contribution is 2.22. The first-order chi connectivity index (χ1) is 12.0. The van der Waals surface area contributed by atoms with Crippen LogP contribution in [0.2, 0.25) is 5.02 Å².